The van der Waals surface area contributed by atoms with Gasteiger partial charge >= 0.3 is 0 Å². The summed E-state index contributed by atoms with van der Waals surface area (Å²) in [5, 5.41) is 9.41. The van der Waals surface area contributed by atoms with Crippen LogP contribution < -0.4 is 4.90 Å². The third kappa shape index (κ3) is 2.23. The van der Waals surface area contributed by atoms with Gasteiger partial charge in [0.1, 0.15) is 6.10 Å². The van der Waals surface area contributed by atoms with Crippen LogP contribution in [0.3, 0.4) is 0 Å². The monoisotopic (exact) mass is 289 g/mol. The summed E-state index contributed by atoms with van der Waals surface area (Å²) in [7, 11) is 1.48. The van der Waals surface area contributed by atoms with E-state index in [-0.39, 0.29) is 4.90 Å². The van der Waals surface area contributed by atoms with Crippen molar-refractivity contribution in [3.05, 3.63) is 23.8 Å². The molecule has 1 N–H and O–H groups in total. The maximum atomic E-state index is 11.7. The van der Waals surface area contributed by atoms with Crippen molar-refractivity contribution in [2.24, 2.45) is 0 Å². The molecule has 0 spiro atoms. The molecule has 1 atom stereocenters. The highest BCUT2D eigenvalue weighted by molar-refractivity contribution is 8.13. The van der Waals surface area contributed by atoms with Gasteiger partial charge in [-0.25, -0.2) is 8.42 Å². The van der Waals surface area contributed by atoms with E-state index in [2.05, 4.69) is 0 Å². The Labute approximate surface area is 109 Å². The van der Waals surface area contributed by atoms with Crippen LogP contribution in [0.15, 0.2) is 23.1 Å². The third-order valence-electron chi connectivity index (χ3n) is 2.99. The molecule has 1 amide bonds. The van der Waals surface area contributed by atoms with Crippen molar-refractivity contribution >= 4 is 31.3 Å². The molecule has 0 saturated carbocycles. The Balaban J connectivity index is 2.51. The number of aliphatic hydroxyl groups is 1. The second-order valence-corrected chi connectivity index (χ2v) is 6.67. The number of carbonyl (C=O) groups excluding carboxylic acids is 1. The highest BCUT2D eigenvalue weighted by atomic mass is 35.7. The largest absolute Gasteiger partial charge is 0.383 e. The van der Waals surface area contributed by atoms with Crippen LogP contribution in [0.4, 0.5) is 5.69 Å². The van der Waals surface area contributed by atoms with E-state index in [1.54, 1.807) is 13.0 Å². The summed E-state index contributed by atoms with van der Waals surface area (Å²) in [5.41, 5.74) is 0.883. The summed E-state index contributed by atoms with van der Waals surface area (Å²) >= 11 is 0. The van der Waals surface area contributed by atoms with Gasteiger partial charge in [0, 0.05) is 29.3 Å². The fraction of sp³-hybridized carbons (Fsp3) is 0.364. The molecule has 0 aromatic heterocycles. The molecule has 1 aromatic rings. The quantitative estimate of drug-likeness (QED) is 0.825. The minimum absolute atomic E-state index is 0.0177. The fourth-order valence-electron chi connectivity index (χ4n) is 2.06. The molecule has 18 heavy (non-hydrogen) atoms. The predicted molar refractivity (Wildman–Crippen MR) is 67.2 cm³/mol. The Bertz CT molecular complexity index is 599. The van der Waals surface area contributed by atoms with E-state index >= 15 is 0 Å². The van der Waals surface area contributed by atoms with Crippen LogP contribution in [-0.4, -0.2) is 32.1 Å². The Morgan fingerprint density at radius 1 is 1.44 bits per heavy atom. The summed E-state index contributed by atoms with van der Waals surface area (Å²) in [6, 6.07) is 4.55. The van der Waals surface area contributed by atoms with Gasteiger partial charge in [-0.1, -0.05) is 6.07 Å². The molecule has 1 aliphatic rings. The summed E-state index contributed by atoms with van der Waals surface area (Å²) in [5.74, 6) is -0.415. The molecule has 1 aliphatic heterocycles. The maximum Gasteiger partial charge on any atom is 0.261 e. The molecule has 0 bridgehead atoms. The second-order valence-electron chi connectivity index (χ2n) is 4.13. The number of carbonyl (C=O) groups is 1. The molecular weight excluding hydrogens is 278 g/mol. The topological polar surface area (TPSA) is 74.7 Å². The normalized spacial score (nSPS) is 20.5. The first-order chi connectivity index (χ1) is 8.32. The van der Waals surface area contributed by atoms with Crippen molar-refractivity contribution in [1.82, 2.24) is 0 Å². The van der Waals surface area contributed by atoms with Crippen LogP contribution in [0.25, 0.3) is 0 Å². The standard InChI is InChI=1S/C11H12ClNO4S/c1-7-8(13-6-5-9(14)11(13)15)3-2-4-10(7)18(12,16)17/h2-4,9,14H,5-6H2,1H3/t9-/m0/s1. The van der Waals surface area contributed by atoms with E-state index in [9.17, 15) is 18.3 Å². The van der Waals surface area contributed by atoms with Crippen molar-refractivity contribution in [1.29, 1.82) is 0 Å². The van der Waals surface area contributed by atoms with Crippen molar-refractivity contribution in [3.8, 4) is 0 Å². The fourth-order valence-corrected chi connectivity index (χ4v) is 3.28. The summed E-state index contributed by atoms with van der Waals surface area (Å²) < 4.78 is 22.8. The molecule has 0 aliphatic carbocycles. The van der Waals surface area contributed by atoms with Gasteiger partial charge in [-0.2, -0.15) is 0 Å². The minimum Gasteiger partial charge on any atom is -0.383 e. The molecular formula is C11H12ClNO4S. The van der Waals surface area contributed by atoms with Gasteiger partial charge < -0.3 is 10.0 Å². The van der Waals surface area contributed by atoms with Gasteiger partial charge in [-0.05, 0) is 24.6 Å². The molecule has 0 unspecified atom stereocenters. The first-order valence-corrected chi connectivity index (χ1v) is 7.67. The zero-order chi connectivity index (χ0) is 13.5. The SMILES string of the molecule is Cc1c(N2CC[C@H](O)C2=O)cccc1S(=O)(=O)Cl. The van der Waals surface area contributed by atoms with Crippen LogP contribution in [0.5, 0.6) is 0 Å². The van der Waals surface area contributed by atoms with E-state index in [1.165, 1.54) is 17.0 Å². The van der Waals surface area contributed by atoms with Gasteiger partial charge in [0.25, 0.3) is 15.0 Å². The number of benzene rings is 1. The van der Waals surface area contributed by atoms with Gasteiger partial charge in [0.15, 0.2) is 0 Å². The third-order valence-corrected chi connectivity index (χ3v) is 4.45. The first kappa shape index (κ1) is 13.3. The number of hydrogen-bond acceptors (Lipinski definition) is 4. The van der Waals surface area contributed by atoms with Crippen LogP contribution in [0, 0.1) is 6.92 Å². The van der Waals surface area contributed by atoms with E-state index < -0.39 is 21.1 Å². The number of hydrogen-bond donors (Lipinski definition) is 1. The van der Waals surface area contributed by atoms with Crippen LogP contribution >= 0.6 is 10.7 Å². The Kier molecular flexibility index (Phi) is 3.35. The Hall–Kier alpha value is -1.11. The number of rotatable bonds is 2. The molecule has 7 heteroatoms. The molecule has 5 nitrogen and oxygen atoms in total. The van der Waals surface area contributed by atoms with Crippen molar-refractivity contribution < 1.29 is 18.3 Å². The number of anilines is 1. The Morgan fingerprint density at radius 3 is 2.61 bits per heavy atom. The van der Waals surface area contributed by atoms with E-state index in [4.69, 9.17) is 10.7 Å². The summed E-state index contributed by atoms with van der Waals surface area (Å²) in [6.45, 7) is 1.95. The average molecular weight is 290 g/mol. The summed E-state index contributed by atoms with van der Waals surface area (Å²) in [6.07, 6.45) is -0.670. The van der Waals surface area contributed by atoms with Crippen molar-refractivity contribution in [2.45, 2.75) is 24.3 Å². The molecule has 98 valence electrons. The second kappa shape index (κ2) is 4.53. The number of amides is 1. The van der Waals surface area contributed by atoms with Crippen LogP contribution in [0.1, 0.15) is 12.0 Å². The van der Waals surface area contributed by atoms with Crippen LogP contribution in [0.2, 0.25) is 0 Å². The molecule has 1 saturated heterocycles. The minimum atomic E-state index is -3.84. The number of nitrogens with zero attached hydrogens (tertiary/aromatic N) is 1. The van der Waals surface area contributed by atoms with E-state index in [0.29, 0.717) is 24.2 Å². The molecule has 1 fully saturated rings. The maximum absolute atomic E-state index is 11.7. The lowest BCUT2D eigenvalue weighted by atomic mass is 10.2. The van der Waals surface area contributed by atoms with E-state index in [1.807, 2.05) is 0 Å². The highest BCUT2D eigenvalue weighted by Gasteiger charge is 2.32. The smallest absolute Gasteiger partial charge is 0.261 e. The van der Waals surface area contributed by atoms with Gasteiger partial charge in [0.2, 0.25) is 0 Å². The Morgan fingerprint density at radius 2 is 2.11 bits per heavy atom. The van der Waals surface area contributed by atoms with Gasteiger partial charge in [0.05, 0.1) is 4.90 Å². The molecule has 1 heterocycles. The summed E-state index contributed by atoms with van der Waals surface area (Å²) in [4.78, 5) is 13.1. The van der Waals surface area contributed by atoms with E-state index in [0.717, 1.165) is 0 Å². The van der Waals surface area contributed by atoms with Gasteiger partial charge in [-0.3, -0.25) is 4.79 Å². The van der Waals surface area contributed by atoms with Crippen molar-refractivity contribution in [3.63, 3.8) is 0 Å². The molecule has 2 rings (SSSR count). The van der Waals surface area contributed by atoms with Gasteiger partial charge in [-0.15, -0.1) is 0 Å². The molecule has 1 aromatic carbocycles. The zero-order valence-corrected chi connectivity index (χ0v) is 11.2. The predicted octanol–water partition coefficient (Wildman–Crippen LogP) is 1.02. The highest BCUT2D eigenvalue weighted by Crippen LogP contribution is 2.30. The van der Waals surface area contributed by atoms with Crippen molar-refractivity contribution in [2.75, 3.05) is 11.4 Å². The lowest BCUT2D eigenvalue weighted by Gasteiger charge is -2.19. The lowest BCUT2D eigenvalue weighted by Crippen LogP contribution is -2.29. The zero-order valence-electron chi connectivity index (χ0n) is 9.63. The first-order valence-electron chi connectivity index (χ1n) is 5.36. The molecule has 0 radical (unpaired) electrons. The van der Waals surface area contributed by atoms with Crippen LogP contribution in [-0.2, 0) is 13.8 Å². The number of aliphatic hydroxyl groups excluding tert-OH is 1. The number of halogens is 1. The average Bonchev–Trinajstić information content (AvgIpc) is 2.59. The lowest BCUT2D eigenvalue weighted by molar-refractivity contribution is -0.124.